The third-order valence-electron chi connectivity index (χ3n) is 5.36. The molecule has 200 valence electrons. The summed E-state index contributed by atoms with van der Waals surface area (Å²) < 4.78 is 11.0. The van der Waals surface area contributed by atoms with Gasteiger partial charge in [0.1, 0.15) is 0 Å². The molecule has 0 aliphatic carbocycles. The number of Topliss-reactive ketones (excluding diaryl/α,β-unsaturated/α-hetero) is 1. The highest BCUT2D eigenvalue weighted by Gasteiger charge is 2.30. The maximum Gasteiger partial charge on any atom is 0.345 e. The van der Waals surface area contributed by atoms with E-state index in [1.54, 1.807) is 20.8 Å². The minimum atomic E-state index is -0.955. The number of hydrogen-bond donors (Lipinski definition) is 1. The first-order valence-electron chi connectivity index (χ1n) is 10.8. The Morgan fingerprint density at radius 2 is 1.13 bits per heavy atom. The minimum Gasteiger partial charge on any atom is -0.419 e. The maximum atomic E-state index is 13.0. The second-order valence-corrected chi connectivity index (χ2v) is 11.4. The number of halogens is 6. The van der Waals surface area contributed by atoms with Gasteiger partial charge in [0.05, 0.1) is 47.3 Å². The minimum absolute atomic E-state index is 0.0409. The maximum absolute atomic E-state index is 13.0. The summed E-state index contributed by atoms with van der Waals surface area (Å²) in [6.45, 7) is 5.42. The van der Waals surface area contributed by atoms with Crippen molar-refractivity contribution in [3.05, 3.63) is 89.3 Å². The van der Waals surface area contributed by atoms with Gasteiger partial charge in [0.15, 0.2) is 17.3 Å². The van der Waals surface area contributed by atoms with E-state index in [-0.39, 0.29) is 58.3 Å². The highest BCUT2D eigenvalue weighted by molar-refractivity contribution is 6.49. The second kappa shape index (κ2) is 12.0. The third kappa shape index (κ3) is 6.57. The smallest absolute Gasteiger partial charge is 0.345 e. The van der Waals surface area contributed by atoms with Crippen molar-refractivity contribution in [1.82, 2.24) is 0 Å². The molecule has 0 heterocycles. The Balaban J connectivity index is 2.05. The summed E-state index contributed by atoms with van der Waals surface area (Å²) in [6, 6.07) is 8.39. The molecule has 0 radical (unpaired) electrons. The molecule has 0 spiro atoms. The van der Waals surface area contributed by atoms with Gasteiger partial charge in [0.25, 0.3) is 0 Å². The average molecular weight is 638 g/mol. The molecule has 0 aliphatic heterocycles. The molecular weight excluding hydrogens is 619 g/mol. The van der Waals surface area contributed by atoms with Crippen LogP contribution in [0, 0.1) is 5.41 Å². The van der Waals surface area contributed by atoms with E-state index < -0.39 is 29.2 Å². The Morgan fingerprint density at radius 3 is 1.58 bits per heavy atom. The molecule has 3 aromatic rings. The predicted molar refractivity (Wildman–Crippen MR) is 151 cm³/mol. The van der Waals surface area contributed by atoms with Crippen LogP contribution in [0.3, 0.4) is 0 Å². The zero-order valence-corrected chi connectivity index (χ0v) is 24.5. The van der Waals surface area contributed by atoms with Crippen LogP contribution >= 0.6 is 69.6 Å². The first kappa shape index (κ1) is 30.5. The van der Waals surface area contributed by atoms with Crippen LogP contribution in [-0.4, -0.2) is 23.8 Å². The van der Waals surface area contributed by atoms with Gasteiger partial charge in [0.2, 0.25) is 0 Å². The van der Waals surface area contributed by atoms with Crippen LogP contribution in [0.25, 0.3) is 0 Å². The van der Waals surface area contributed by atoms with Gasteiger partial charge >= 0.3 is 11.9 Å². The largest absolute Gasteiger partial charge is 0.419 e. The van der Waals surface area contributed by atoms with Crippen molar-refractivity contribution >= 4 is 87.3 Å². The van der Waals surface area contributed by atoms with E-state index in [1.807, 2.05) is 0 Å². The van der Waals surface area contributed by atoms with E-state index in [4.69, 9.17) is 84.8 Å². The second-order valence-electron chi connectivity index (χ2n) is 9.09. The summed E-state index contributed by atoms with van der Waals surface area (Å²) in [5, 5.41) is -0.102. The van der Waals surface area contributed by atoms with Gasteiger partial charge in [-0.15, -0.1) is 0 Å². The molecule has 1 atom stereocenters. The van der Waals surface area contributed by atoms with Crippen molar-refractivity contribution in [3.8, 4) is 11.5 Å². The van der Waals surface area contributed by atoms with Crippen LogP contribution in [0.4, 0.5) is 0 Å². The zero-order valence-electron chi connectivity index (χ0n) is 20.0. The summed E-state index contributed by atoms with van der Waals surface area (Å²) in [5.74, 6) is -2.78. The van der Waals surface area contributed by atoms with Gasteiger partial charge in [-0.05, 0) is 47.9 Å². The molecule has 2 N–H and O–H groups in total. The van der Waals surface area contributed by atoms with Gasteiger partial charge in [-0.3, -0.25) is 4.79 Å². The number of hydrogen-bond acceptors (Lipinski definition) is 6. The molecule has 0 amide bonds. The van der Waals surface area contributed by atoms with Crippen LogP contribution in [0.2, 0.25) is 30.1 Å². The lowest BCUT2D eigenvalue weighted by Crippen LogP contribution is -2.42. The SMILES string of the molecule is CC(C)(C)C(N)C(=O)c1ccc(OC(=O)c2ccc(Cl)c(Cl)c2Cl)c(OC(=O)c2ccc(Cl)c(Cl)c2Cl)c1. The quantitative estimate of drug-likeness (QED) is 0.126. The standard InChI is InChI=1S/C26H19Cl6NO5/c1-26(2,3)23(33)22(34)11-4-9-16(37-24(35)12-5-7-14(27)20(31)18(12)29)17(10-11)38-25(36)13-6-8-15(28)21(32)19(13)30/h4-10,23H,33H2,1-3H3. The summed E-state index contributed by atoms with van der Waals surface area (Å²) in [5.41, 5.74) is 5.47. The van der Waals surface area contributed by atoms with Gasteiger partial charge in [-0.2, -0.15) is 0 Å². The molecule has 38 heavy (non-hydrogen) atoms. The molecular formula is C26H19Cl6NO5. The number of carbonyl (C=O) groups excluding carboxylic acids is 3. The van der Waals surface area contributed by atoms with Crippen LogP contribution in [0.5, 0.6) is 11.5 Å². The lowest BCUT2D eigenvalue weighted by Gasteiger charge is -2.25. The van der Waals surface area contributed by atoms with Crippen molar-refractivity contribution in [2.45, 2.75) is 26.8 Å². The Kier molecular flexibility index (Phi) is 9.64. The van der Waals surface area contributed by atoms with Gasteiger partial charge < -0.3 is 15.2 Å². The van der Waals surface area contributed by atoms with E-state index in [1.165, 1.54) is 42.5 Å². The number of esters is 2. The van der Waals surface area contributed by atoms with Crippen LogP contribution in [0.1, 0.15) is 51.8 Å². The Labute approximate surface area is 248 Å². The zero-order chi connectivity index (χ0) is 28.5. The topological polar surface area (TPSA) is 95.7 Å². The third-order valence-corrected chi connectivity index (χ3v) is 7.95. The average Bonchev–Trinajstić information content (AvgIpc) is 2.85. The Bertz CT molecular complexity index is 1450. The number of benzene rings is 3. The molecule has 0 fully saturated rings. The van der Waals surface area contributed by atoms with Crippen LogP contribution in [-0.2, 0) is 0 Å². The fourth-order valence-electron chi connectivity index (χ4n) is 3.08. The van der Waals surface area contributed by atoms with E-state index in [0.29, 0.717) is 0 Å². The summed E-state index contributed by atoms with van der Waals surface area (Å²) in [4.78, 5) is 39.0. The van der Waals surface area contributed by atoms with E-state index in [0.717, 1.165) is 0 Å². The molecule has 6 nitrogen and oxygen atoms in total. The lowest BCUT2D eigenvalue weighted by atomic mass is 9.83. The van der Waals surface area contributed by atoms with E-state index >= 15 is 0 Å². The number of rotatable bonds is 6. The van der Waals surface area contributed by atoms with Gasteiger partial charge in [0, 0.05) is 5.56 Å². The monoisotopic (exact) mass is 635 g/mol. The summed E-state index contributed by atoms with van der Waals surface area (Å²) in [6.07, 6.45) is 0. The predicted octanol–water partition coefficient (Wildman–Crippen LogP) is 8.60. The molecule has 0 bridgehead atoms. The first-order chi connectivity index (χ1) is 17.6. The number of ether oxygens (including phenoxy) is 2. The van der Waals surface area contributed by atoms with E-state index in [2.05, 4.69) is 0 Å². The van der Waals surface area contributed by atoms with E-state index in [9.17, 15) is 14.4 Å². The van der Waals surface area contributed by atoms with Crippen molar-refractivity contribution in [1.29, 1.82) is 0 Å². The highest BCUT2D eigenvalue weighted by Crippen LogP contribution is 2.37. The molecule has 3 aromatic carbocycles. The van der Waals surface area contributed by atoms with Crippen molar-refractivity contribution in [2.24, 2.45) is 11.1 Å². The van der Waals surface area contributed by atoms with Crippen LogP contribution in [0.15, 0.2) is 42.5 Å². The molecule has 0 saturated heterocycles. The number of nitrogens with two attached hydrogens (primary N) is 1. The van der Waals surface area contributed by atoms with Crippen LogP contribution < -0.4 is 15.2 Å². The lowest BCUT2D eigenvalue weighted by molar-refractivity contribution is 0.0682. The summed E-state index contributed by atoms with van der Waals surface area (Å²) >= 11 is 36.3. The Hall–Kier alpha value is -2.03. The van der Waals surface area contributed by atoms with Gasteiger partial charge in [-0.25, -0.2) is 9.59 Å². The first-order valence-corrected chi connectivity index (χ1v) is 13.1. The fraction of sp³-hybridized carbons (Fsp3) is 0.192. The fourth-order valence-corrected chi connectivity index (χ4v) is 4.30. The van der Waals surface area contributed by atoms with Gasteiger partial charge in [-0.1, -0.05) is 90.4 Å². The molecule has 12 heteroatoms. The molecule has 3 rings (SSSR count). The molecule has 0 saturated carbocycles. The molecule has 0 aliphatic rings. The molecule has 1 unspecified atom stereocenters. The number of ketones is 1. The van der Waals surface area contributed by atoms with Crippen molar-refractivity contribution < 1.29 is 23.9 Å². The number of carbonyl (C=O) groups is 3. The van der Waals surface area contributed by atoms with Crippen molar-refractivity contribution in [3.63, 3.8) is 0 Å². The normalized spacial score (nSPS) is 12.2. The Morgan fingerprint density at radius 1 is 0.684 bits per heavy atom. The highest BCUT2D eigenvalue weighted by atomic mass is 35.5. The molecule has 0 aromatic heterocycles. The van der Waals surface area contributed by atoms with Crippen molar-refractivity contribution in [2.75, 3.05) is 0 Å². The summed E-state index contributed by atoms with van der Waals surface area (Å²) in [7, 11) is 0.